The number of hydrogen-bond acceptors (Lipinski definition) is 5. The maximum Gasteiger partial charge on any atom is 0.264 e. The molecule has 11 heteroatoms. The molecule has 0 radical (unpaired) electrons. The molecule has 0 aliphatic heterocycles. The Kier molecular flexibility index (Phi) is 11.0. The minimum absolute atomic E-state index is 0.0181. The van der Waals surface area contributed by atoms with Crippen LogP contribution in [0.2, 0.25) is 10.0 Å². The Bertz CT molecular complexity index is 1530. The van der Waals surface area contributed by atoms with Crippen molar-refractivity contribution in [3.05, 3.63) is 87.9 Å². The minimum atomic E-state index is -4.17. The Morgan fingerprint density at radius 1 is 1.00 bits per heavy atom. The van der Waals surface area contributed by atoms with Gasteiger partial charge in [0.1, 0.15) is 18.3 Å². The zero-order chi connectivity index (χ0) is 31.1. The molecule has 1 saturated carbocycles. The molecule has 1 atom stereocenters. The van der Waals surface area contributed by atoms with E-state index >= 15 is 0 Å². The normalized spacial score (nSPS) is 14.3. The number of ether oxygens (including phenoxy) is 1. The predicted molar refractivity (Wildman–Crippen MR) is 170 cm³/mol. The van der Waals surface area contributed by atoms with Gasteiger partial charge in [-0.2, -0.15) is 0 Å². The molecule has 1 N–H and O–H groups in total. The molecule has 0 aromatic heterocycles. The van der Waals surface area contributed by atoms with Crippen LogP contribution in [0.25, 0.3) is 0 Å². The number of hydrogen-bond donors (Lipinski definition) is 1. The average Bonchev–Trinajstić information content (AvgIpc) is 3.49. The molecular formula is C32H37Cl2N3O5S. The molecule has 3 aromatic carbocycles. The van der Waals surface area contributed by atoms with Gasteiger partial charge in [-0.1, -0.05) is 59.8 Å². The predicted octanol–water partition coefficient (Wildman–Crippen LogP) is 6.37. The van der Waals surface area contributed by atoms with E-state index in [-0.39, 0.29) is 29.1 Å². The van der Waals surface area contributed by atoms with Gasteiger partial charge in [-0.3, -0.25) is 13.9 Å². The van der Waals surface area contributed by atoms with E-state index in [2.05, 4.69) is 5.32 Å². The highest BCUT2D eigenvalue weighted by atomic mass is 35.5. The molecular weight excluding hydrogens is 609 g/mol. The summed E-state index contributed by atoms with van der Waals surface area (Å²) in [5, 5.41) is 3.83. The molecule has 1 aliphatic rings. The van der Waals surface area contributed by atoms with Crippen LogP contribution in [0.5, 0.6) is 5.75 Å². The molecule has 1 fully saturated rings. The van der Waals surface area contributed by atoms with Crippen molar-refractivity contribution in [3.8, 4) is 5.75 Å². The molecule has 0 spiro atoms. The summed E-state index contributed by atoms with van der Waals surface area (Å²) in [6.45, 7) is 5.24. The minimum Gasteiger partial charge on any atom is -0.494 e. The van der Waals surface area contributed by atoms with Crippen LogP contribution in [-0.4, -0.2) is 50.4 Å². The first-order chi connectivity index (χ1) is 20.5. The zero-order valence-corrected chi connectivity index (χ0v) is 26.9. The van der Waals surface area contributed by atoms with Gasteiger partial charge in [-0.15, -0.1) is 0 Å². The van der Waals surface area contributed by atoms with Gasteiger partial charge >= 0.3 is 0 Å². The first-order valence-electron chi connectivity index (χ1n) is 14.4. The van der Waals surface area contributed by atoms with Crippen LogP contribution < -0.4 is 14.4 Å². The first kappa shape index (κ1) is 32.6. The highest BCUT2D eigenvalue weighted by molar-refractivity contribution is 7.92. The number of sulfonamides is 1. The number of rotatable bonds is 12. The molecule has 0 saturated heterocycles. The molecule has 43 heavy (non-hydrogen) atoms. The van der Waals surface area contributed by atoms with Crippen molar-refractivity contribution < 1.29 is 22.7 Å². The molecule has 4 rings (SSSR count). The summed E-state index contributed by atoms with van der Waals surface area (Å²) in [4.78, 5) is 28.9. The Labute approximate surface area is 264 Å². The van der Waals surface area contributed by atoms with E-state index < -0.39 is 28.5 Å². The van der Waals surface area contributed by atoms with Crippen molar-refractivity contribution in [1.82, 2.24) is 10.2 Å². The van der Waals surface area contributed by atoms with Crippen molar-refractivity contribution in [2.24, 2.45) is 0 Å². The van der Waals surface area contributed by atoms with E-state index in [1.54, 1.807) is 61.5 Å². The van der Waals surface area contributed by atoms with E-state index in [9.17, 15) is 18.0 Å². The van der Waals surface area contributed by atoms with Crippen LogP contribution in [0.15, 0.2) is 71.6 Å². The van der Waals surface area contributed by atoms with Crippen LogP contribution in [0.1, 0.15) is 50.7 Å². The lowest BCUT2D eigenvalue weighted by Crippen LogP contribution is -2.52. The third kappa shape index (κ3) is 8.22. The first-order valence-corrected chi connectivity index (χ1v) is 16.5. The topological polar surface area (TPSA) is 96.0 Å². The number of nitrogens with one attached hydrogen (secondary N) is 1. The van der Waals surface area contributed by atoms with Gasteiger partial charge in [-0.05, 0) is 87.7 Å². The van der Waals surface area contributed by atoms with Gasteiger partial charge in [0.05, 0.1) is 17.2 Å². The molecule has 0 unspecified atom stereocenters. The third-order valence-electron chi connectivity index (χ3n) is 7.55. The van der Waals surface area contributed by atoms with E-state index in [0.717, 1.165) is 35.6 Å². The standard InChI is InChI=1S/C32H37Cl2N3O5S/c1-4-42-28-15-13-27(14-16-28)37(43(40,41)29-17-9-22(2)10-18-29)21-31(38)36(20-24-11-12-25(33)19-30(24)34)23(3)32(39)35-26-7-5-6-8-26/h9-19,23,26H,4-8,20-21H2,1-3H3,(H,35,39)/t23-/m0/s1. The number of amides is 2. The summed E-state index contributed by atoms with van der Waals surface area (Å²) in [5.41, 5.74) is 1.76. The fraction of sp³-hybridized carbons (Fsp3) is 0.375. The van der Waals surface area contributed by atoms with Gasteiger partial charge in [-0.25, -0.2) is 8.42 Å². The quantitative estimate of drug-likeness (QED) is 0.247. The van der Waals surface area contributed by atoms with E-state index in [4.69, 9.17) is 27.9 Å². The summed E-state index contributed by atoms with van der Waals surface area (Å²) < 4.78 is 34.6. The van der Waals surface area contributed by atoms with Crippen LogP contribution in [0, 0.1) is 6.92 Å². The van der Waals surface area contributed by atoms with Crippen molar-refractivity contribution in [1.29, 1.82) is 0 Å². The van der Waals surface area contributed by atoms with Crippen molar-refractivity contribution in [2.45, 2.75) is 70.0 Å². The van der Waals surface area contributed by atoms with Crippen molar-refractivity contribution >= 4 is 50.7 Å². The molecule has 230 valence electrons. The second kappa shape index (κ2) is 14.5. The Morgan fingerprint density at radius 2 is 1.65 bits per heavy atom. The molecule has 3 aromatic rings. The summed E-state index contributed by atoms with van der Waals surface area (Å²) in [5.74, 6) is -0.300. The average molecular weight is 647 g/mol. The lowest BCUT2D eigenvalue weighted by atomic mass is 10.1. The zero-order valence-electron chi connectivity index (χ0n) is 24.6. The highest BCUT2D eigenvalue weighted by Gasteiger charge is 2.33. The number of halogens is 2. The van der Waals surface area contributed by atoms with E-state index in [0.29, 0.717) is 28.0 Å². The van der Waals surface area contributed by atoms with Gasteiger partial charge < -0.3 is 15.0 Å². The Balaban J connectivity index is 1.70. The monoisotopic (exact) mass is 645 g/mol. The lowest BCUT2D eigenvalue weighted by molar-refractivity contribution is -0.139. The molecule has 0 heterocycles. The molecule has 8 nitrogen and oxygen atoms in total. The smallest absolute Gasteiger partial charge is 0.264 e. The number of nitrogens with zero attached hydrogens (tertiary/aromatic N) is 2. The van der Waals surface area contributed by atoms with Crippen molar-refractivity contribution in [2.75, 3.05) is 17.5 Å². The Hall–Kier alpha value is -3.27. The molecule has 2 amide bonds. The SMILES string of the molecule is CCOc1ccc(N(CC(=O)N(Cc2ccc(Cl)cc2Cl)[C@@H](C)C(=O)NC2CCCC2)S(=O)(=O)c2ccc(C)cc2)cc1. The van der Waals surface area contributed by atoms with Gasteiger partial charge in [0.2, 0.25) is 11.8 Å². The summed E-state index contributed by atoms with van der Waals surface area (Å²) in [6.07, 6.45) is 3.85. The lowest BCUT2D eigenvalue weighted by Gasteiger charge is -2.32. The number of carbonyl (C=O) groups is 2. The summed E-state index contributed by atoms with van der Waals surface area (Å²) in [7, 11) is -4.17. The van der Waals surface area contributed by atoms with Crippen molar-refractivity contribution in [3.63, 3.8) is 0 Å². The maximum absolute atomic E-state index is 14.1. The van der Waals surface area contributed by atoms with Crippen LogP contribution in [0.4, 0.5) is 5.69 Å². The maximum atomic E-state index is 14.1. The van der Waals surface area contributed by atoms with Gasteiger partial charge in [0.15, 0.2) is 0 Å². The third-order valence-corrected chi connectivity index (χ3v) is 9.92. The van der Waals surface area contributed by atoms with E-state index in [1.165, 1.54) is 17.0 Å². The van der Waals surface area contributed by atoms with Gasteiger partial charge in [0.25, 0.3) is 10.0 Å². The van der Waals surface area contributed by atoms with E-state index in [1.807, 2.05) is 13.8 Å². The fourth-order valence-electron chi connectivity index (χ4n) is 5.05. The molecule has 1 aliphatic carbocycles. The fourth-order valence-corrected chi connectivity index (χ4v) is 6.93. The number of carbonyl (C=O) groups excluding carboxylic acids is 2. The Morgan fingerprint density at radius 3 is 2.26 bits per heavy atom. The van der Waals surface area contributed by atoms with Crippen LogP contribution in [0.3, 0.4) is 0 Å². The number of benzene rings is 3. The highest BCUT2D eigenvalue weighted by Crippen LogP contribution is 2.28. The summed E-state index contributed by atoms with van der Waals surface area (Å²) in [6, 6.07) is 17.0. The second-order valence-electron chi connectivity index (χ2n) is 10.7. The van der Waals surface area contributed by atoms with Crippen LogP contribution in [-0.2, 0) is 26.2 Å². The summed E-state index contributed by atoms with van der Waals surface area (Å²) >= 11 is 12.6. The van der Waals surface area contributed by atoms with Crippen LogP contribution >= 0.6 is 23.2 Å². The second-order valence-corrected chi connectivity index (χ2v) is 13.4. The number of aryl methyl sites for hydroxylation is 1. The molecule has 0 bridgehead atoms. The van der Waals surface area contributed by atoms with Gasteiger partial charge in [0, 0.05) is 22.6 Å². The number of anilines is 1. The largest absolute Gasteiger partial charge is 0.494 e.